The van der Waals surface area contributed by atoms with Crippen molar-refractivity contribution in [3.8, 4) is 0 Å². The fraction of sp³-hybridized carbons (Fsp3) is 0.286. The van der Waals surface area contributed by atoms with Gasteiger partial charge >= 0.3 is 0 Å². The Morgan fingerprint density at radius 2 is 2.16 bits per heavy atom. The molecule has 100 valence electrons. The molecule has 2 aromatic rings. The van der Waals surface area contributed by atoms with Gasteiger partial charge in [0.1, 0.15) is 10.1 Å². The molecule has 0 amide bonds. The van der Waals surface area contributed by atoms with Crippen LogP contribution in [0.3, 0.4) is 0 Å². The van der Waals surface area contributed by atoms with Crippen LogP contribution in [-0.4, -0.2) is 16.0 Å². The van der Waals surface area contributed by atoms with Crippen molar-refractivity contribution in [2.45, 2.75) is 35.9 Å². The third-order valence-corrected chi connectivity index (χ3v) is 4.24. The maximum atomic E-state index is 6.03. The maximum absolute atomic E-state index is 6.03. The number of rotatable bonds is 5. The van der Waals surface area contributed by atoms with Crippen LogP contribution in [0, 0.1) is 0 Å². The quantitative estimate of drug-likeness (QED) is 0.904. The van der Waals surface area contributed by atoms with E-state index >= 15 is 0 Å². The van der Waals surface area contributed by atoms with Gasteiger partial charge in [0.25, 0.3) is 0 Å². The summed E-state index contributed by atoms with van der Waals surface area (Å²) in [6.45, 7) is 2.10. The summed E-state index contributed by atoms with van der Waals surface area (Å²) in [4.78, 5) is 8.80. The van der Waals surface area contributed by atoms with Crippen LogP contribution in [0.4, 0.5) is 0 Å². The summed E-state index contributed by atoms with van der Waals surface area (Å²) in [5.41, 5.74) is 7.21. The highest BCUT2D eigenvalue weighted by Crippen LogP contribution is 2.28. The zero-order valence-electron chi connectivity index (χ0n) is 10.7. The predicted molar refractivity (Wildman–Crippen MR) is 82.3 cm³/mol. The van der Waals surface area contributed by atoms with Crippen molar-refractivity contribution < 1.29 is 0 Å². The van der Waals surface area contributed by atoms with E-state index in [1.807, 2.05) is 24.4 Å². The SMILES string of the molecule is CCC(N)Cc1cccnc1Sc1ccc(Br)cn1. The molecule has 2 rings (SSSR count). The van der Waals surface area contributed by atoms with E-state index < -0.39 is 0 Å². The molecular weight excluding hydrogens is 322 g/mol. The van der Waals surface area contributed by atoms with Gasteiger partial charge in [-0.15, -0.1) is 0 Å². The molecular formula is C14H16BrN3S. The lowest BCUT2D eigenvalue weighted by atomic mass is 10.1. The van der Waals surface area contributed by atoms with E-state index in [1.165, 1.54) is 5.56 Å². The minimum Gasteiger partial charge on any atom is -0.327 e. The first kappa shape index (κ1) is 14.5. The molecule has 0 spiro atoms. The number of halogens is 1. The zero-order valence-corrected chi connectivity index (χ0v) is 13.1. The van der Waals surface area contributed by atoms with Crippen LogP contribution in [0.15, 0.2) is 51.2 Å². The van der Waals surface area contributed by atoms with E-state index in [1.54, 1.807) is 18.0 Å². The number of nitrogens with two attached hydrogens (primary N) is 1. The molecule has 0 radical (unpaired) electrons. The topological polar surface area (TPSA) is 51.8 Å². The first-order valence-electron chi connectivity index (χ1n) is 6.18. The highest BCUT2D eigenvalue weighted by atomic mass is 79.9. The van der Waals surface area contributed by atoms with Crippen LogP contribution in [0.5, 0.6) is 0 Å². The minimum atomic E-state index is 0.182. The van der Waals surface area contributed by atoms with Gasteiger partial charge in [-0.2, -0.15) is 0 Å². The second-order valence-electron chi connectivity index (χ2n) is 4.26. The van der Waals surface area contributed by atoms with Crippen LogP contribution in [0.2, 0.25) is 0 Å². The zero-order chi connectivity index (χ0) is 13.7. The fourth-order valence-corrected chi connectivity index (χ4v) is 2.69. The highest BCUT2D eigenvalue weighted by molar-refractivity contribution is 9.10. The predicted octanol–water partition coefficient (Wildman–Crippen LogP) is 3.67. The molecule has 2 heterocycles. The molecule has 3 nitrogen and oxygen atoms in total. The standard InChI is InChI=1S/C14H16BrN3S/c1-2-12(16)8-10-4-3-7-17-14(10)19-13-6-5-11(15)9-18-13/h3-7,9,12H,2,8,16H2,1H3. The molecule has 1 atom stereocenters. The van der Waals surface area contributed by atoms with Crippen molar-refractivity contribution >= 4 is 27.7 Å². The second-order valence-corrected chi connectivity index (χ2v) is 6.18. The Hall–Kier alpha value is -0.910. The molecule has 0 aromatic carbocycles. The molecule has 0 saturated carbocycles. The van der Waals surface area contributed by atoms with E-state index in [9.17, 15) is 0 Å². The monoisotopic (exact) mass is 337 g/mol. The van der Waals surface area contributed by atoms with Gasteiger partial charge in [0, 0.05) is 22.9 Å². The van der Waals surface area contributed by atoms with Crippen molar-refractivity contribution in [3.63, 3.8) is 0 Å². The summed E-state index contributed by atoms with van der Waals surface area (Å²) < 4.78 is 0.978. The van der Waals surface area contributed by atoms with Crippen LogP contribution in [0.1, 0.15) is 18.9 Å². The molecule has 1 unspecified atom stereocenters. The van der Waals surface area contributed by atoms with Gasteiger partial charge in [-0.3, -0.25) is 0 Å². The molecule has 2 N–H and O–H groups in total. The van der Waals surface area contributed by atoms with Crippen molar-refractivity contribution in [2.75, 3.05) is 0 Å². The lowest BCUT2D eigenvalue weighted by Gasteiger charge is -2.11. The Kier molecular flexibility index (Phi) is 5.36. The van der Waals surface area contributed by atoms with Gasteiger partial charge in [-0.05, 0) is 64.3 Å². The number of pyridine rings is 2. The van der Waals surface area contributed by atoms with Gasteiger partial charge in [0.15, 0.2) is 0 Å². The average Bonchev–Trinajstić information content (AvgIpc) is 2.43. The van der Waals surface area contributed by atoms with Gasteiger partial charge < -0.3 is 5.73 Å². The second kappa shape index (κ2) is 7.03. The first-order chi connectivity index (χ1) is 9.19. The summed E-state index contributed by atoms with van der Waals surface area (Å²) in [6.07, 6.45) is 5.42. The van der Waals surface area contributed by atoms with Crippen LogP contribution < -0.4 is 5.73 Å². The molecule has 0 aliphatic rings. The van der Waals surface area contributed by atoms with Gasteiger partial charge in [-0.1, -0.05) is 13.0 Å². The summed E-state index contributed by atoms with van der Waals surface area (Å²) in [5.74, 6) is 0. The normalized spacial score (nSPS) is 12.4. The van der Waals surface area contributed by atoms with Crippen molar-refractivity contribution in [1.29, 1.82) is 0 Å². The van der Waals surface area contributed by atoms with Crippen molar-refractivity contribution in [2.24, 2.45) is 5.73 Å². The van der Waals surface area contributed by atoms with Crippen LogP contribution in [-0.2, 0) is 6.42 Å². The largest absolute Gasteiger partial charge is 0.327 e. The third-order valence-electron chi connectivity index (χ3n) is 2.76. The average molecular weight is 338 g/mol. The van der Waals surface area contributed by atoms with E-state index in [0.29, 0.717) is 0 Å². The Balaban J connectivity index is 2.17. The van der Waals surface area contributed by atoms with Gasteiger partial charge in [0.2, 0.25) is 0 Å². The van der Waals surface area contributed by atoms with E-state index in [0.717, 1.165) is 27.4 Å². The Bertz CT molecular complexity index is 530. The van der Waals surface area contributed by atoms with Crippen LogP contribution >= 0.6 is 27.7 Å². The number of aromatic nitrogens is 2. The fourth-order valence-electron chi connectivity index (χ4n) is 1.62. The lowest BCUT2D eigenvalue weighted by Crippen LogP contribution is -2.21. The molecule has 19 heavy (non-hydrogen) atoms. The number of nitrogens with zero attached hydrogens (tertiary/aromatic N) is 2. The first-order valence-corrected chi connectivity index (χ1v) is 7.79. The molecule has 5 heteroatoms. The number of hydrogen-bond acceptors (Lipinski definition) is 4. The highest BCUT2D eigenvalue weighted by Gasteiger charge is 2.09. The summed E-state index contributed by atoms with van der Waals surface area (Å²) in [6, 6.07) is 8.19. The third kappa shape index (κ3) is 4.30. The Labute approximate surface area is 126 Å². The Morgan fingerprint density at radius 3 is 2.84 bits per heavy atom. The van der Waals surface area contributed by atoms with Crippen LogP contribution in [0.25, 0.3) is 0 Å². The summed E-state index contributed by atoms with van der Waals surface area (Å²) in [5, 5.41) is 1.93. The molecule has 0 aliphatic carbocycles. The van der Waals surface area contributed by atoms with E-state index in [2.05, 4.69) is 38.9 Å². The maximum Gasteiger partial charge on any atom is 0.105 e. The summed E-state index contributed by atoms with van der Waals surface area (Å²) >= 11 is 4.96. The van der Waals surface area contributed by atoms with E-state index in [-0.39, 0.29) is 6.04 Å². The van der Waals surface area contributed by atoms with Gasteiger partial charge in [-0.25, -0.2) is 9.97 Å². The molecule has 0 saturated heterocycles. The van der Waals surface area contributed by atoms with E-state index in [4.69, 9.17) is 5.73 Å². The molecule has 0 aliphatic heterocycles. The Morgan fingerprint density at radius 1 is 1.32 bits per heavy atom. The van der Waals surface area contributed by atoms with Crippen molar-refractivity contribution in [3.05, 3.63) is 46.7 Å². The molecule has 0 bridgehead atoms. The van der Waals surface area contributed by atoms with Gasteiger partial charge in [0.05, 0.1) is 0 Å². The minimum absolute atomic E-state index is 0.182. The van der Waals surface area contributed by atoms with Crippen molar-refractivity contribution in [1.82, 2.24) is 9.97 Å². The summed E-state index contributed by atoms with van der Waals surface area (Å²) in [7, 11) is 0. The molecule has 0 fully saturated rings. The smallest absolute Gasteiger partial charge is 0.105 e. The molecule has 2 aromatic heterocycles. The number of hydrogen-bond donors (Lipinski definition) is 1. The lowest BCUT2D eigenvalue weighted by molar-refractivity contribution is 0.637.